The number of phenols is 1. The third-order valence-electron chi connectivity index (χ3n) is 2.85. The van der Waals surface area contributed by atoms with Crippen LogP contribution in [0.3, 0.4) is 0 Å². The fourth-order valence-corrected chi connectivity index (χ4v) is 2.52. The van der Waals surface area contributed by atoms with Crippen molar-refractivity contribution in [2.24, 2.45) is 0 Å². The van der Waals surface area contributed by atoms with Gasteiger partial charge < -0.3 is 5.11 Å². The van der Waals surface area contributed by atoms with Gasteiger partial charge in [-0.15, -0.1) is 4.83 Å². The van der Waals surface area contributed by atoms with Crippen molar-refractivity contribution in [1.29, 1.82) is 0 Å². The summed E-state index contributed by atoms with van der Waals surface area (Å²) in [6, 6.07) is 6.94. The van der Waals surface area contributed by atoms with Crippen LogP contribution in [0.15, 0.2) is 47.4 Å². The number of nitrogens with one attached hydrogen (secondary N) is 2. The fraction of sp³-hybridized carbons (Fsp3) is 0. The summed E-state index contributed by atoms with van der Waals surface area (Å²) in [7, 11) is -4.35. The van der Waals surface area contributed by atoms with E-state index in [1.807, 2.05) is 5.43 Å². The second-order valence-electron chi connectivity index (χ2n) is 4.48. The maximum atomic E-state index is 13.2. The topological polar surface area (TPSA) is 139 Å². The number of nitro groups is 1. The number of amides is 1. The molecule has 9 nitrogen and oxygen atoms in total. The molecule has 3 N–H and O–H groups in total. The summed E-state index contributed by atoms with van der Waals surface area (Å²) in [5.41, 5.74) is 0.943. The summed E-state index contributed by atoms with van der Waals surface area (Å²) in [6.45, 7) is 0. The van der Waals surface area contributed by atoms with Gasteiger partial charge >= 0.3 is 5.69 Å². The normalized spacial score (nSPS) is 11.0. The number of hydrogen-bond donors (Lipinski definition) is 3. The van der Waals surface area contributed by atoms with Gasteiger partial charge in [-0.1, -0.05) is 0 Å². The molecule has 0 spiro atoms. The van der Waals surface area contributed by atoms with Crippen molar-refractivity contribution in [2.45, 2.75) is 4.90 Å². The van der Waals surface area contributed by atoms with Gasteiger partial charge in [-0.25, -0.2) is 8.42 Å². The summed E-state index contributed by atoms with van der Waals surface area (Å²) < 4.78 is 37.2. The first-order valence-corrected chi connectivity index (χ1v) is 7.74. The molecular formula is C13H10FN3O6S. The van der Waals surface area contributed by atoms with Crippen LogP contribution in [-0.4, -0.2) is 24.4 Å². The zero-order chi connectivity index (χ0) is 17.9. The first kappa shape index (κ1) is 17.3. The Labute approximate surface area is 134 Å². The molecular weight excluding hydrogens is 345 g/mol. The van der Waals surface area contributed by atoms with Crippen LogP contribution in [0.1, 0.15) is 10.4 Å². The van der Waals surface area contributed by atoms with E-state index in [4.69, 9.17) is 5.11 Å². The number of nitrogens with zero attached hydrogens (tertiary/aromatic N) is 1. The van der Waals surface area contributed by atoms with Crippen molar-refractivity contribution in [3.05, 3.63) is 64.0 Å². The van der Waals surface area contributed by atoms with Crippen LogP contribution < -0.4 is 10.3 Å². The Morgan fingerprint density at radius 1 is 1.17 bits per heavy atom. The Hall–Kier alpha value is -3.05. The molecule has 0 saturated carbocycles. The van der Waals surface area contributed by atoms with Gasteiger partial charge in [0.1, 0.15) is 5.75 Å². The Kier molecular flexibility index (Phi) is 4.76. The SMILES string of the molecule is O=C(NNS(=O)(=O)c1ccc(F)c([N+](=O)[O-])c1)c1ccc(O)cc1. The van der Waals surface area contributed by atoms with Crippen LogP contribution in [0.2, 0.25) is 0 Å². The predicted molar refractivity (Wildman–Crippen MR) is 78.9 cm³/mol. The molecule has 0 unspecified atom stereocenters. The Bertz CT molecular complexity index is 898. The Morgan fingerprint density at radius 3 is 2.38 bits per heavy atom. The molecule has 0 bridgehead atoms. The van der Waals surface area contributed by atoms with E-state index in [1.165, 1.54) is 24.3 Å². The van der Waals surface area contributed by atoms with Crippen molar-refractivity contribution in [2.75, 3.05) is 0 Å². The smallest absolute Gasteiger partial charge is 0.306 e. The number of phenolic OH excluding ortho intramolecular Hbond substituents is 1. The summed E-state index contributed by atoms with van der Waals surface area (Å²) in [5.74, 6) is -2.09. The van der Waals surface area contributed by atoms with Crippen molar-refractivity contribution >= 4 is 21.6 Å². The quantitative estimate of drug-likeness (QED) is 0.541. The van der Waals surface area contributed by atoms with Crippen LogP contribution >= 0.6 is 0 Å². The van der Waals surface area contributed by atoms with Crippen LogP contribution in [0.5, 0.6) is 5.75 Å². The minimum atomic E-state index is -4.35. The van der Waals surface area contributed by atoms with Gasteiger partial charge in [0.05, 0.1) is 9.82 Å². The number of nitro benzene ring substituents is 1. The average molecular weight is 355 g/mol. The number of hydrogen-bond acceptors (Lipinski definition) is 6. The van der Waals surface area contributed by atoms with E-state index in [1.54, 1.807) is 4.83 Å². The molecule has 0 saturated heterocycles. The lowest BCUT2D eigenvalue weighted by Crippen LogP contribution is -2.41. The zero-order valence-electron chi connectivity index (χ0n) is 11.8. The van der Waals surface area contributed by atoms with E-state index >= 15 is 0 Å². The van der Waals surface area contributed by atoms with Gasteiger partial charge in [0.15, 0.2) is 0 Å². The van der Waals surface area contributed by atoms with E-state index in [-0.39, 0.29) is 11.3 Å². The highest BCUT2D eigenvalue weighted by Gasteiger charge is 2.22. The second-order valence-corrected chi connectivity index (χ2v) is 6.16. The van der Waals surface area contributed by atoms with E-state index in [2.05, 4.69) is 0 Å². The summed E-state index contributed by atoms with van der Waals surface area (Å²) in [6.07, 6.45) is 0. The number of hydrazine groups is 1. The minimum absolute atomic E-state index is 0.0561. The number of halogens is 1. The average Bonchev–Trinajstić information content (AvgIpc) is 2.53. The number of carbonyl (C=O) groups is 1. The van der Waals surface area contributed by atoms with Crippen LogP contribution in [-0.2, 0) is 10.0 Å². The fourth-order valence-electron chi connectivity index (χ4n) is 1.66. The van der Waals surface area contributed by atoms with Crippen LogP contribution in [0.25, 0.3) is 0 Å². The van der Waals surface area contributed by atoms with Crippen molar-refractivity contribution < 1.29 is 27.6 Å². The molecule has 2 rings (SSSR count). The van der Waals surface area contributed by atoms with Gasteiger partial charge in [0.25, 0.3) is 15.9 Å². The van der Waals surface area contributed by atoms with E-state index in [0.717, 1.165) is 6.07 Å². The van der Waals surface area contributed by atoms with Gasteiger partial charge in [-0.2, -0.15) is 4.39 Å². The highest BCUT2D eigenvalue weighted by molar-refractivity contribution is 7.89. The predicted octanol–water partition coefficient (Wildman–Crippen LogP) is 1.06. The molecule has 2 aromatic rings. The lowest BCUT2D eigenvalue weighted by molar-refractivity contribution is -0.387. The zero-order valence-corrected chi connectivity index (χ0v) is 12.6. The molecule has 1 amide bonds. The first-order chi connectivity index (χ1) is 11.2. The minimum Gasteiger partial charge on any atom is -0.508 e. The maximum Gasteiger partial charge on any atom is 0.306 e. The molecule has 0 aliphatic rings. The van der Waals surface area contributed by atoms with Gasteiger partial charge in [0, 0.05) is 11.6 Å². The Balaban J connectivity index is 2.17. The molecule has 0 atom stereocenters. The number of benzene rings is 2. The van der Waals surface area contributed by atoms with Crippen molar-refractivity contribution in [1.82, 2.24) is 10.3 Å². The van der Waals surface area contributed by atoms with Crippen LogP contribution in [0, 0.1) is 15.9 Å². The highest BCUT2D eigenvalue weighted by atomic mass is 32.2. The maximum absolute atomic E-state index is 13.2. The molecule has 11 heteroatoms. The third-order valence-corrected chi connectivity index (χ3v) is 4.10. The molecule has 0 aliphatic heterocycles. The summed E-state index contributed by atoms with van der Waals surface area (Å²) in [4.78, 5) is 22.5. The van der Waals surface area contributed by atoms with E-state index < -0.39 is 37.3 Å². The molecule has 126 valence electrons. The van der Waals surface area contributed by atoms with Gasteiger partial charge in [0.2, 0.25) is 5.82 Å². The van der Waals surface area contributed by atoms with Crippen molar-refractivity contribution in [3.63, 3.8) is 0 Å². The van der Waals surface area contributed by atoms with E-state index in [0.29, 0.717) is 12.1 Å². The lowest BCUT2D eigenvalue weighted by Gasteiger charge is -2.08. The second kappa shape index (κ2) is 6.60. The third kappa shape index (κ3) is 3.83. The molecule has 0 fully saturated rings. The molecule has 2 aromatic carbocycles. The van der Waals surface area contributed by atoms with E-state index in [9.17, 15) is 27.7 Å². The largest absolute Gasteiger partial charge is 0.508 e. The van der Waals surface area contributed by atoms with Crippen LogP contribution in [0.4, 0.5) is 10.1 Å². The number of aromatic hydroxyl groups is 1. The highest BCUT2D eigenvalue weighted by Crippen LogP contribution is 2.21. The number of sulfonamides is 1. The molecule has 0 heterocycles. The molecule has 0 aromatic heterocycles. The first-order valence-electron chi connectivity index (χ1n) is 6.26. The van der Waals surface area contributed by atoms with Gasteiger partial charge in [-0.3, -0.25) is 20.3 Å². The monoisotopic (exact) mass is 355 g/mol. The number of carbonyl (C=O) groups excluding carboxylic acids is 1. The van der Waals surface area contributed by atoms with Gasteiger partial charge in [-0.05, 0) is 36.4 Å². The Morgan fingerprint density at radius 2 is 1.79 bits per heavy atom. The lowest BCUT2D eigenvalue weighted by atomic mass is 10.2. The molecule has 0 aliphatic carbocycles. The summed E-state index contributed by atoms with van der Waals surface area (Å²) in [5, 5.41) is 19.8. The molecule has 24 heavy (non-hydrogen) atoms. The standard InChI is InChI=1S/C13H10FN3O6S/c14-11-6-5-10(7-12(11)17(20)21)24(22,23)16-15-13(19)8-1-3-9(18)4-2-8/h1-7,16,18H,(H,15,19). The number of rotatable bonds is 5. The van der Waals surface area contributed by atoms with Crippen molar-refractivity contribution in [3.8, 4) is 5.75 Å². The summed E-state index contributed by atoms with van der Waals surface area (Å²) >= 11 is 0. The molecule has 0 radical (unpaired) electrons.